The van der Waals surface area contributed by atoms with E-state index in [4.69, 9.17) is 0 Å². The molecule has 0 radical (unpaired) electrons. The predicted molar refractivity (Wildman–Crippen MR) is 72.5 cm³/mol. The van der Waals surface area contributed by atoms with Crippen LogP contribution in [0.1, 0.15) is 40.9 Å². The number of amides is 1. The molecule has 1 N–H and O–H groups in total. The van der Waals surface area contributed by atoms with Crippen LogP contribution in [0.5, 0.6) is 0 Å². The van der Waals surface area contributed by atoms with Crippen LogP contribution >= 0.6 is 0 Å². The smallest absolute Gasteiger partial charge is 0.311 e. The largest absolute Gasteiger partial charge is 0.481 e. The number of carbonyl (C=O) groups is 2. The van der Waals surface area contributed by atoms with Gasteiger partial charge in [-0.15, -0.1) is 0 Å². The van der Waals surface area contributed by atoms with Gasteiger partial charge in [0.2, 0.25) is 0 Å². The maximum absolute atomic E-state index is 12.5. The van der Waals surface area contributed by atoms with Crippen molar-refractivity contribution in [1.82, 2.24) is 14.9 Å². The fourth-order valence-electron chi connectivity index (χ4n) is 2.38. The van der Waals surface area contributed by atoms with Crippen LogP contribution in [-0.2, 0) is 4.79 Å². The van der Waals surface area contributed by atoms with Crippen molar-refractivity contribution in [3.8, 4) is 0 Å². The molecule has 1 atom stereocenters. The molecule has 1 aliphatic rings. The Morgan fingerprint density at radius 3 is 2.30 bits per heavy atom. The van der Waals surface area contributed by atoms with Crippen LogP contribution in [-0.4, -0.2) is 44.9 Å². The Hall–Kier alpha value is -1.98. The molecule has 0 aromatic carbocycles. The van der Waals surface area contributed by atoms with Crippen molar-refractivity contribution in [3.63, 3.8) is 0 Å². The molecule has 1 saturated heterocycles. The van der Waals surface area contributed by atoms with Gasteiger partial charge >= 0.3 is 5.97 Å². The van der Waals surface area contributed by atoms with Gasteiger partial charge in [-0.2, -0.15) is 0 Å². The molecule has 1 amide bonds. The number of rotatable bonds is 2. The van der Waals surface area contributed by atoms with Gasteiger partial charge in [-0.05, 0) is 34.1 Å². The molecule has 2 rings (SSSR count). The summed E-state index contributed by atoms with van der Waals surface area (Å²) in [5, 5.41) is 9.21. The van der Waals surface area contributed by atoms with Gasteiger partial charge in [-0.25, -0.2) is 4.98 Å². The molecule has 1 fully saturated rings. The van der Waals surface area contributed by atoms with Crippen molar-refractivity contribution in [1.29, 1.82) is 0 Å². The lowest BCUT2D eigenvalue weighted by Gasteiger charge is -2.20. The third kappa shape index (κ3) is 2.37. The van der Waals surface area contributed by atoms with Gasteiger partial charge in [-0.3, -0.25) is 14.6 Å². The summed E-state index contributed by atoms with van der Waals surface area (Å²) >= 11 is 0. The first-order valence-corrected chi connectivity index (χ1v) is 6.59. The topological polar surface area (TPSA) is 83.4 Å². The molecule has 1 aliphatic heterocycles. The molecular formula is C14H19N3O3. The van der Waals surface area contributed by atoms with Gasteiger partial charge in [0.25, 0.3) is 5.91 Å². The minimum Gasteiger partial charge on any atom is -0.481 e. The summed E-state index contributed by atoms with van der Waals surface area (Å²) in [6.45, 7) is 7.73. The summed E-state index contributed by atoms with van der Waals surface area (Å²) in [4.78, 5) is 33.9. The summed E-state index contributed by atoms with van der Waals surface area (Å²) in [5.74, 6) is -1.10. The first-order chi connectivity index (χ1) is 9.24. The van der Waals surface area contributed by atoms with Gasteiger partial charge in [-0.1, -0.05) is 0 Å². The monoisotopic (exact) mass is 277 g/mol. The lowest BCUT2D eigenvalue weighted by Crippen LogP contribution is -2.35. The highest BCUT2D eigenvalue weighted by molar-refractivity contribution is 5.94. The van der Waals surface area contributed by atoms with Crippen molar-refractivity contribution in [2.45, 2.75) is 34.1 Å². The Kier molecular flexibility index (Phi) is 3.50. The van der Waals surface area contributed by atoms with Crippen molar-refractivity contribution >= 4 is 11.9 Å². The van der Waals surface area contributed by atoms with Crippen LogP contribution in [0, 0.1) is 26.2 Å². The van der Waals surface area contributed by atoms with E-state index < -0.39 is 11.4 Å². The molecule has 6 heteroatoms. The van der Waals surface area contributed by atoms with E-state index in [0.29, 0.717) is 24.4 Å². The van der Waals surface area contributed by atoms with E-state index in [2.05, 4.69) is 9.97 Å². The van der Waals surface area contributed by atoms with E-state index in [0.717, 1.165) is 11.4 Å². The van der Waals surface area contributed by atoms with E-state index in [1.54, 1.807) is 18.7 Å². The highest BCUT2D eigenvalue weighted by Gasteiger charge is 2.42. The SMILES string of the molecule is Cc1nc(C)c(C(=O)N2CCC(C)(C(=O)O)C2)nc1C. The van der Waals surface area contributed by atoms with Crippen LogP contribution in [0.15, 0.2) is 0 Å². The number of aliphatic carboxylic acids is 1. The minimum atomic E-state index is -0.865. The molecule has 0 bridgehead atoms. The Balaban J connectivity index is 2.26. The molecule has 1 unspecified atom stereocenters. The fraction of sp³-hybridized carbons (Fsp3) is 0.571. The van der Waals surface area contributed by atoms with Gasteiger partial charge in [0.05, 0.1) is 22.5 Å². The molecule has 20 heavy (non-hydrogen) atoms. The van der Waals surface area contributed by atoms with Crippen LogP contribution in [0.3, 0.4) is 0 Å². The molecule has 108 valence electrons. The third-order valence-corrected chi connectivity index (χ3v) is 3.96. The molecule has 1 aromatic heterocycles. The summed E-state index contributed by atoms with van der Waals surface area (Å²) in [5.41, 5.74) is 1.57. The molecular weight excluding hydrogens is 258 g/mol. The van der Waals surface area contributed by atoms with E-state index in [-0.39, 0.29) is 12.5 Å². The molecule has 6 nitrogen and oxygen atoms in total. The zero-order valence-electron chi connectivity index (χ0n) is 12.2. The Labute approximate surface area is 117 Å². The standard InChI is InChI=1S/C14H19N3O3/c1-8-9(2)16-11(10(3)15-8)12(18)17-6-5-14(4,7-17)13(19)20/h5-7H2,1-4H3,(H,19,20). The van der Waals surface area contributed by atoms with Crippen LogP contribution in [0.25, 0.3) is 0 Å². The van der Waals surface area contributed by atoms with Crippen LogP contribution in [0.4, 0.5) is 0 Å². The Morgan fingerprint density at radius 2 is 1.75 bits per heavy atom. The van der Waals surface area contributed by atoms with Crippen molar-refractivity contribution in [3.05, 3.63) is 22.8 Å². The van der Waals surface area contributed by atoms with Gasteiger partial charge in [0.15, 0.2) is 0 Å². The predicted octanol–water partition coefficient (Wildman–Crippen LogP) is 1.34. The lowest BCUT2D eigenvalue weighted by atomic mass is 9.90. The quantitative estimate of drug-likeness (QED) is 0.882. The molecule has 1 aromatic rings. The second-order valence-corrected chi connectivity index (χ2v) is 5.67. The number of hydrogen-bond donors (Lipinski definition) is 1. The third-order valence-electron chi connectivity index (χ3n) is 3.96. The Morgan fingerprint density at radius 1 is 1.15 bits per heavy atom. The molecule has 0 aliphatic carbocycles. The highest BCUT2D eigenvalue weighted by atomic mass is 16.4. The number of aryl methyl sites for hydroxylation is 3. The summed E-state index contributed by atoms with van der Waals surface area (Å²) in [7, 11) is 0. The first-order valence-electron chi connectivity index (χ1n) is 6.59. The van der Waals surface area contributed by atoms with Crippen LogP contribution < -0.4 is 0 Å². The zero-order valence-corrected chi connectivity index (χ0v) is 12.2. The normalized spacial score (nSPS) is 22.1. The first kappa shape index (κ1) is 14.4. The van der Waals surface area contributed by atoms with Crippen LogP contribution in [0.2, 0.25) is 0 Å². The number of likely N-dealkylation sites (tertiary alicyclic amines) is 1. The second-order valence-electron chi connectivity index (χ2n) is 5.67. The van der Waals surface area contributed by atoms with Crippen molar-refractivity contribution in [2.75, 3.05) is 13.1 Å². The van der Waals surface area contributed by atoms with E-state index in [9.17, 15) is 14.7 Å². The number of aromatic nitrogens is 2. The maximum atomic E-state index is 12.5. The van der Waals surface area contributed by atoms with Gasteiger partial charge in [0, 0.05) is 13.1 Å². The number of carboxylic acids is 1. The molecule has 2 heterocycles. The summed E-state index contributed by atoms with van der Waals surface area (Å²) < 4.78 is 0. The number of hydrogen-bond acceptors (Lipinski definition) is 4. The lowest BCUT2D eigenvalue weighted by molar-refractivity contribution is -0.147. The minimum absolute atomic E-state index is 0.217. The molecule has 0 saturated carbocycles. The second kappa shape index (κ2) is 4.85. The fourth-order valence-corrected chi connectivity index (χ4v) is 2.38. The summed E-state index contributed by atoms with van der Waals surface area (Å²) in [6, 6.07) is 0. The van der Waals surface area contributed by atoms with E-state index in [1.807, 2.05) is 13.8 Å². The van der Waals surface area contributed by atoms with E-state index >= 15 is 0 Å². The molecule has 0 spiro atoms. The summed E-state index contributed by atoms with van der Waals surface area (Å²) in [6.07, 6.45) is 0.464. The Bertz CT molecular complexity index is 585. The van der Waals surface area contributed by atoms with Crippen molar-refractivity contribution in [2.24, 2.45) is 5.41 Å². The zero-order chi connectivity index (χ0) is 15.1. The number of carboxylic acid groups (broad SMARTS) is 1. The number of carbonyl (C=O) groups excluding carboxylic acids is 1. The van der Waals surface area contributed by atoms with E-state index in [1.165, 1.54) is 0 Å². The average Bonchev–Trinajstić information content (AvgIpc) is 2.77. The van der Waals surface area contributed by atoms with Crippen molar-refractivity contribution < 1.29 is 14.7 Å². The average molecular weight is 277 g/mol. The van der Waals surface area contributed by atoms with Gasteiger partial charge in [0.1, 0.15) is 5.69 Å². The van der Waals surface area contributed by atoms with Gasteiger partial charge < -0.3 is 10.0 Å². The highest BCUT2D eigenvalue weighted by Crippen LogP contribution is 2.31. The maximum Gasteiger partial charge on any atom is 0.311 e. The number of nitrogens with zero attached hydrogens (tertiary/aromatic N) is 3.